The third-order valence-corrected chi connectivity index (χ3v) is 2.24. The van der Waals surface area contributed by atoms with Crippen LogP contribution in [0.1, 0.15) is 16.1 Å². The van der Waals surface area contributed by atoms with Gasteiger partial charge in [-0.15, -0.1) is 0 Å². The molecular formula is C10H10N2O3. The summed E-state index contributed by atoms with van der Waals surface area (Å²) in [5.41, 5.74) is 1.47. The molecule has 0 fully saturated rings. The fraction of sp³-hybridized carbons (Fsp3) is 0.200. The zero-order valence-electron chi connectivity index (χ0n) is 8.40. The fourth-order valence-corrected chi connectivity index (χ4v) is 1.56. The maximum Gasteiger partial charge on any atom is 0.341 e. The molecule has 0 amide bonds. The molecular weight excluding hydrogens is 196 g/mol. The van der Waals surface area contributed by atoms with Crippen LogP contribution in [-0.2, 0) is 4.74 Å². The monoisotopic (exact) mass is 206 g/mol. The Hall–Kier alpha value is -2.04. The van der Waals surface area contributed by atoms with Crippen molar-refractivity contribution in [2.75, 3.05) is 7.11 Å². The molecule has 0 radical (unpaired) electrons. The SMILES string of the molecule is COC(=O)c1c(C)[nH]n2ccc(=O)cc12. The van der Waals surface area contributed by atoms with Crippen LogP contribution in [0, 0.1) is 6.92 Å². The summed E-state index contributed by atoms with van der Waals surface area (Å²) in [6.07, 6.45) is 1.58. The predicted octanol–water partition coefficient (Wildman–Crippen LogP) is 0.723. The average Bonchev–Trinajstić information content (AvgIpc) is 2.52. The van der Waals surface area contributed by atoms with Gasteiger partial charge in [-0.25, -0.2) is 4.79 Å². The van der Waals surface area contributed by atoms with Gasteiger partial charge in [0.2, 0.25) is 0 Å². The molecule has 2 rings (SSSR count). The van der Waals surface area contributed by atoms with Gasteiger partial charge >= 0.3 is 5.97 Å². The van der Waals surface area contributed by atoms with E-state index in [2.05, 4.69) is 9.84 Å². The van der Waals surface area contributed by atoms with Crippen LogP contribution < -0.4 is 5.43 Å². The van der Waals surface area contributed by atoms with Gasteiger partial charge in [0.25, 0.3) is 0 Å². The van der Waals surface area contributed by atoms with E-state index in [4.69, 9.17) is 0 Å². The van der Waals surface area contributed by atoms with E-state index in [1.807, 2.05) is 0 Å². The summed E-state index contributed by atoms with van der Waals surface area (Å²) in [5.74, 6) is -0.447. The largest absolute Gasteiger partial charge is 0.465 e. The van der Waals surface area contributed by atoms with Crippen molar-refractivity contribution in [1.29, 1.82) is 0 Å². The zero-order chi connectivity index (χ0) is 11.0. The van der Waals surface area contributed by atoms with Crippen LogP contribution in [0.2, 0.25) is 0 Å². The van der Waals surface area contributed by atoms with Gasteiger partial charge in [-0.05, 0) is 6.92 Å². The lowest BCUT2D eigenvalue weighted by molar-refractivity contribution is 0.0602. The highest BCUT2D eigenvalue weighted by Crippen LogP contribution is 2.14. The standard InChI is InChI=1S/C10H10N2O3/c1-6-9(10(14)15-2)8-5-7(13)3-4-12(8)11-6/h3-5,11H,1-2H3. The maximum absolute atomic E-state index is 11.5. The lowest BCUT2D eigenvalue weighted by Gasteiger charge is -1.96. The molecule has 2 aromatic heterocycles. The highest BCUT2D eigenvalue weighted by atomic mass is 16.5. The summed E-state index contributed by atoms with van der Waals surface area (Å²) in [4.78, 5) is 22.6. The van der Waals surface area contributed by atoms with Crippen LogP contribution in [-0.4, -0.2) is 22.7 Å². The third-order valence-electron chi connectivity index (χ3n) is 2.24. The van der Waals surface area contributed by atoms with E-state index in [1.165, 1.54) is 19.2 Å². The molecule has 5 nitrogen and oxygen atoms in total. The number of aromatic amines is 1. The number of rotatable bonds is 1. The molecule has 2 heterocycles. The number of pyridine rings is 1. The van der Waals surface area contributed by atoms with E-state index in [1.54, 1.807) is 17.6 Å². The van der Waals surface area contributed by atoms with Gasteiger partial charge in [-0.1, -0.05) is 0 Å². The van der Waals surface area contributed by atoms with Crippen molar-refractivity contribution in [3.8, 4) is 0 Å². The van der Waals surface area contributed by atoms with E-state index in [-0.39, 0.29) is 5.43 Å². The quantitative estimate of drug-likeness (QED) is 0.699. The van der Waals surface area contributed by atoms with E-state index in [0.717, 1.165) is 0 Å². The number of carbonyl (C=O) groups is 1. The molecule has 15 heavy (non-hydrogen) atoms. The second-order valence-electron chi connectivity index (χ2n) is 3.22. The molecule has 0 bridgehead atoms. The summed E-state index contributed by atoms with van der Waals surface area (Å²) < 4.78 is 6.26. The topological polar surface area (TPSA) is 63.6 Å². The van der Waals surface area contributed by atoms with Gasteiger partial charge in [0, 0.05) is 24.0 Å². The third kappa shape index (κ3) is 1.41. The highest BCUT2D eigenvalue weighted by molar-refractivity contribution is 5.98. The first-order valence-corrected chi connectivity index (χ1v) is 4.43. The summed E-state index contributed by atoms with van der Waals surface area (Å²) >= 11 is 0. The number of esters is 1. The number of ether oxygens (including phenoxy) is 1. The number of nitrogens with one attached hydrogen (secondary N) is 1. The van der Waals surface area contributed by atoms with E-state index in [0.29, 0.717) is 16.8 Å². The summed E-state index contributed by atoms with van der Waals surface area (Å²) in [5, 5.41) is 2.95. The molecule has 0 unspecified atom stereocenters. The van der Waals surface area contributed by atoms with Crippen molar-refractivity contribution in [3.05, 3.63) is 39.8 Å². The number of aromatic nitrogens is 2. The molecule has 0 saturated carbocycles. The van der Waals surface area contributed by atoms with Gasteiger partial charge in [0.15, 0.2) is 5.43 Å². The van der Waals surface area contributed by atoms with Crippen molar-refractivity contribution in [3.63, 3.8) is 0 Å². The summed E-state index contributed by atoms with van der Waals surface area (Å²) in [7, 11) is 1.31. The highest BCUT2D eigenvalue weighted by Gasteiger charge is 2.16. The Labute approximate surface area is 85.3 Å². The Balaban J connectivity index is 2.82. The molecule has 2 aromatic rings. The molecule has 0 aromatic carbocycles. The number of aryl methyl sites for hydroxylation is 1. The predicted molar refractivity (Wildman–Crippen MR) is 54.1 cm³/mol. The van der Waals surface area contributed by atoms with Crippen LogP contribution in [0.4, 0.5) is 0 Å². The number of hydrogen-bond acceptors (Lipinski definition) is 3. The first kappa shape index (κ1) is 9.51. The van der Waals surface area contributed by atoms with Crippen LogP contribution in [0.25, 0.3) is 5.52 Å². The van der Waals surface area contributed by atoms with Crippen molar-refractivity contribution < 1.29 is 9.53 Å². The Morgan fingerprint density at radius 2 is 2.27 bits per heavy atom. The number of nitrogens with zero attached hydrogens (tertiary/aromatic N) is 1. The lowest BCUT2D eigenvalue weighted by atomic mass is 10.2. The van der Waals surface area contributed by atoms with Gasteiger partial charge < -0.3 is 4.74 Å². The normalized spacial score (nSPS) is 10.5. The van der Waals surface area contributed by atoms with Gasteiger partial charge in [-0.3, -0.25) is 14.4 Å². The number of H-pyrrole nitrogens is 1. The Bertz CT molecular complexity index is 580. The number of fused-ring (bicyclic) bond motifs is 1. The van der Waals surface area contributed by atoms with Crippen molar-refractivity contribution in [1.82, 2.24) is 9.61 Å². The van der Waals surface area contributed by atoms with E-state index < -0.39 is 5.97 Å². The molecule has 0 saturated heterocycles. The smallest absolute Gasteiger partial charge is 0.341 e. The molecule has 5 heteroatoms. The Morgan fingerprint density at radius 3 is 2.93 bits per heavy atom. The van der Waals surface area contributed by atoms with Gasteiger partial charge in [0.05, 0.1) is 12.6 Å². The minimum Gasteiger partial charge on any atom is -0.465 e. The number of carbonyl (C=O) groups excluding carboxylic acids is 1. The molecule has 0 aliphatic rings. The lowest BCUT2D eigenvalue weighted by Crippen LogP contribution is -2.04. The molecule has 0 aliphatic carbocycles. The minimum absolute atomic E-state index is 0.140. The molecule has 0 atom stereocenters. The molecule has 1 N–H and O–H groups in total. The van der Waals surface area contributed by atoms with E-state index >= 15 is 0 Å². The van der Waals surface area contributed by atoms with Gasteiger partial charge in [-0.2, -0.15) is 0 Å². The van der Waals surface area contributed by atoms with Crippen molar-refractivity contribution in [2.24, 2.45) is 0 Å². The molecule has 0 aliphatic heterocycles. The second-order valence-corrected chi connectivity index (χ2v) is 3.22. The van der Waals surface area contributed by atoms with Crippen LogP contribution in [0.3, 0.4) is 0 Å². The average molecular weight is 206 g/mol. The Kier molecular flexibility index (Phi) is 2.07. The van der Waals surface area contributed by atoms with Gasteiger partial charge in [0.1, 0.15) is 5.56 Å². The fourth-order valence-electron chi connectivity index (χ4n) is 1.56. The Morgan fingerprint density at radius 1 is 1.53 bits per heavy atom. The molecule has 78 valence electrons. The van der Waals surface area contributed by atoms with Crippen LogP contribution >= 0.6 is 0 Å². The van der Waals surface area contributed by atoms with Crippen LogP contribution in [0.5, 0.6) is 0 Å². The number of methoxy groups -OCH3 is 1. The molecule has 0 spiro atoms. The summed E-state index contributed by atoms with van der Waals surface area (Å²) in [6.45, 7) is 1.75. The van der Waals surface area contributed by atoms with Crippen molar-refractivity contribution >= 4 is 11.5 Å². The first-order chi connectivity index (χ1) is 7.13. The van der Waals surface area contributed by atoms with E-state index in [9.17, 15) is 9.59 Å². The van der Waals surface area contributed by atoms with Crippen LogP contribution in [0.15, 0.2) is 23.1 Å². The first-order valence-electron chi connectivity index (χ1n) is 4.43. The minimum atomic E-state index is -0.447. The summed E-state index contributed by atoms with van der Waals surface area (Å²) in [6, 6.07) is 2.82. The zero-order valence-corrected chi connectivity index (χ0v) is 8.40. The maximum atomic E-state index is 11.5. The van der Waals surface area contributed by atoms with Crippen molar-refractivity contribution in [2.45, 2.75) is 6.92 Å². The second kappa shape index (κ2) is 3.27. The number of hydrogen-bond donors (Lipinski definition) is 1.